The number of halogens is 4. The van der Waals surface area contributed by atoms with Crippen molar-refractivity contribution in [3.05, 3.63) is 55.7 Å². The molecule has 0 saturated heterocycles. The van der Waals surface area contributed by atoms with Crippen LogP contribution in [0.15, 0.2) is 35.1 Å². The van der Waals surface area contributed by atoms with Gasteiger partial charge in [0.1, 0.15) is 0 Å². The normalized spacial score (nSPS) is 10.3. The first-order chi connectivity index (χ1) is 8.99. The zero-order chi connectivity index (χ0) is 14.0. The largest absolute Gasteiger partial charge is 0.319 e. The number of rotatable bonds is 2. The fraction of sp³-hybridized carbons (Fsp3) is 0. The molecule has 3 nitrogen and oxygen atoms in total. The van der Waals surface area contributed by atoms with Gasteiger partial charge in [-0.2, -0.15) is 0 Å². The van der Waals surface area contributed by atoms with Crippen molar-refractivity contribution in [1.29, 1.82) is 0 Å². The van der Waals surface area contributed by atoms with E-state index in [9.17, 15) is 4.79 Å². The van der Waals surface area contributed by atoms with Gasteiger partial charge in [0.15, 0.2) is 0 Å². The first-order valence-corrected chi connectivity index (χ1v) is 6.97. The summed E-state index contributed by atoms with van der Waals surface area (Å²) in [6.45, 7) is 0. The van der Waals surface area contributed by atoms with E-state index in [-0.39, 0.29) is 5.56 Å². The number of anilines is 1. The van der Waals surface area contributed by atoms with Crippen LogP contribution in [0, 0.1) is 0 Å². The van der Waals surface area contributed by atoms with Crippen molar-refractivity contribution in [3.8, 4) is 0 Å². The highest BCUT2D eigenvalue weighted by molar-refractivity contribution is 9.10. The van der Waals surface area contributed by atoms with Crippen LogP contribution in [0.3, 0.4) is 0 Å². The van der Waals surface area contributed by atoms with Gasteiger partial charge in [0.25, 0.3) is 5.91 Å². The minimum absolute atomic E-state index is 0.249. The van der Waals surface area contributed by atoms with Crippen molar-refractivity contribution in [2.75, 3.05) is 5.32 Å². The van der Waals surface area contributed by atoms with Gasteiger partial charge in [-0.05, 0) is 18.2 Å². The Kier molecular flexibility index (Phi) is 4.68. The van der Waals surface area contributed by atoms with Crippen molar-refractivity contribution >= 4 is 62.3 Å². The zero-order valence-electron chi connectivity index (χ0n) is 9.25. The summed E-state index contributed by atoms with van der Waals surface area (Å²) in [5.74, 6) is -0.427. The molecule has 19 heavy (non-hydrogen) atoms. The molecule has 7 heteroatoms. The molecular formula is C12H6BrCl3N2O. The lowest BCUT2D eigenvalue weighted by atomic mass is 10.2. The molecule has 2 aromatic rings. The number of aromatic nitrogens is 1. The lowest BCUT2D eigenvalue weighted by Crippen LogP contribution is -2.13. The Labute approximate surface area is 133 Å². The van der Waals surface area contributed by atoms with Gasteiger partial charge in [-0.15, -0.1) is 0 Å². The van der Waals surface area contributed by atoms with Crippen LogP contribution in [0.25, 0.3) is 0 Å². The van der Waals surface area contributed by atoms with Crippen molar-refractivity contribution in [2.45, 2.75) is 0 Å². The Balaban J connectivity index is 2.32. The Morgan fingerprint density at radius 2 is 1.79 bits per heavy atom. The van der Waals surface area contributed by atoms with Crippen molar-refractivity contribution < 1.29 is 4.79 Å². The maximum absolute atomic E-state index is 12.1. The summed E-state index contributed by atoms with van der Waals surface area (Å²) in [7, 11) is 0. The van der Waals surface area contributed by atoms with Gasteiger partial charge in [0, 0.05) is 16.9 Å². The van der Waals surface area contributed by atoms with E-state index in [1.807, 2.05) is 0 Å². The third-order valence-electron chi connectivity index (χ3n) is 2.26. The van der Waals surface area contributed by atoms with Gasteiger partial charge in [0.05, 0.1) is 26.3 Å². The predicted octanol–water partition coefficient (Wildman–Crippen LogP) is 5.06. The molecule has 0 aliphatic heterocycles. The molecule has 1 N–H and O–H groups in total. The van der Waals surface area contributed by atoms with Crippen molar-refractivity contribution in [2.24, 2.45) is 0 Å². The molecule has 0 radical (unpaired) electrons. The average molecular weight is 380 g/mol. The van der Waals surface area contributed by atoms with Gasteiger partial charge < -0.3 is 5.32 Å². The molecule has 0 saturated carbocycles. The highest BCUT2D eigenvalue weighted by Crippen LogP contribution is 2.34. The van der Waals surface area contributed by atoms with E-state index < -0.39 is 5.91 Å². The smallest absolute Gasteiger partial charge is 0.258 e. The van der Waals surface area contributed by atoms with Crippen LogP contribution < -0.4 is 5.32 Å². The first-order valence-electron chi connectivity index (χ1n) is 5.04. The SMILES string of the molecule is O=C(Nc1c(Cl)cc(Br)cc1Cl)c1cnccc1Cl. The number of hydrogen-bond donors (Lipinski definition) is 1. The number of nitrogens with zero attached hydrogens (tertiary/aromatic N) is 1. The van der Waals surface area contributed by atoms with Crippen LogP contribution in [-0.2, 0) is 0 Å². The maximum Gasteiger partial charge on any atom is 0.258 e. The Hall–Kier alpha value is -0.810. The van der Waals surface area contributed by atoms with E-state index in [2.05, 4.69) is 26.2 Å². The molecule has 98 valence electrons. The van der Waals surface area contributed by atoms with Crippen LogP contribution in [0.1, 0.15) is 10.4 Å². The molecule has 0 atom stereocenters. The van der Waals surface area contributed by atoms with Gasteiger partial charge in [-0.25, -0.2) is 0 Å². The molecule has 1 heterocycles. The Morgan fingerprint density at radius 3 is 2.37 bits per heavy atom. The number of hydrogen-bond acceptors (Lipinski definition) is 2. The van der Waals surface area contributed by atoms with E-state index in [1.165, 1.54) is 18.5 Å². The number of pyridine rings is 1. The zero-order valence-corrected chi connectivity index (χ0v) is 13.1. The summed E-state index contributed by atoms with van der Waals surface area (Å²) in [5.41, 5.74) is 0.579. The van der Waals surface area contributed by atoms with Crippen molar-refractivity contribution in [1.82, 2.24) is 4.98 Å². The van der Waals surface area contributed by atoms with Crippen LogP contribution in [0.4, 0.5) is 5.69 Å². The highest BCUT2D eigenvalue weighted by atomic mass is 79.9. The second-order valence-corrected chi connectivity index (χ2v) is 5.69. The summed E-state index contributed by atoms with van der Waals surface area (Å²) in [4.78, 5) is 15.9. The topological polar surface area (TPSA) is 42.0 Å². The number of carbonyl (C=O) groups is 1. The molecule has 1 aromatic carbocycles. The van der Waals surface area contributed by atoms with Gasteiger partial charge in [0.2, 0.25) is 0 Å². The number of nitrogens with one attached hydrogen (secondary N) is 1. The second-order valence-electron chi connectivity index (χ2n) is 3.55. The molecule has 2 rings (SSSR count). The summed E-state index contributed by atoms with van der Waals surface area (Å²) in [6, 6.07) is 4.79. The molecular weight excluding hydrogens is 374 g/mol. The fourth-order valence-electron chi connectivity index (χ4n) is 1.39. The number of carbonyl (C=O) groups excluding carboxylic acids is 1. The Bertz CT molecular complexity index is 626. The molecule has 0 aliphatic carbocycles. The monoisotopic (exact) mass is 378 g/mol. The third kappa shape index (κ3) is 3.39. The predicted molar refractivity (Wildman–Crippen MR) is 81.4 cm³/mol. The molecule has 1 aromatic heterocycles. The van der Waals surface area contributed by atoms with E-state index in [0.717, 1.165) is 4.47 Å². The van der Waals surface area contributed by atoms with E-state index in [0.29, 0.717) is 20.8 Å². The molecule has 1 amide bonds. The standard InChI is InChI=1S/C12H6BrCl3N2O/c13-6-3-9(15)11(10(16)4-6)18-12(19)7-5-17-2-1-8(7)14/h1-5H,(H,18,19). The highest BCUT2D eigenvalue weighted by Gasteiger charge is 2.15. The van der Waals surface area contributed by atoms with Crippen LogP contribution >= 0.6 is 50.7 Å². The van der Waals surface area contributed by atoms with Gasteiger partial charge in [-0.1, -0.05) is 50.7 Å². The minimum Gasteiger partial charge on any atom is -0.319 e. The molecule has 0 fully saturated rings. The summed E-state index contributed by atoms with van der Waals surface area (Å²) < 4.78 is 0.722. The molecule has 0 bridgehead atoms. The minimum atomic E-state index is -0.427. The quantitative estimate of drug-likeness (QED) is 0.792. The third-order valence-corrected chi connectivity index (χ3v) is 3.64. The average Bonchev–Trinajstić information content (AvgIpc) is 2.34. The maximum atomic E-state index is 12.1. The fourth-order valence-corrected chi connectivity index (χ4v) is 2.88. The lowest BCUT2D eigenvalue weighted by molar-refractivity contribution is 0.102. The molecule has 0 unspecified atom stereocenters. The molecule has 0 spiro atoms. The van der Waals surface area contributed by atoms with Gasteiger partial charge in [-0.3, -0.25) is 9.78 Å². The van der Waals surface area contributed by atoms with Gasteiger partial charge >= 0.3 is 0 Å². The van der Waals surface area contributed by atoms with E-state index in [4.69, 9.17) is 34.8 Å². The summed E-state index contributed by atoms with van der Waals surface area (Å²) in [6.07, 6.45) is 2.87. The number of benzene rings is 1. The lowest BCUT2D eigenvalue weighted by Gasteiger charge is -2.10. The second kappa shape index (κ2) is 6.09. The first kappa shape index (κ1) is 14.6. The number of amides is 1. The van der Waals surface area contributed by atoms with E-state index >= 15 is 0 Å². The van der Waals surface area contributed by atoms with Crippen molar-refractivity contribution in [3.63, 3.8) is 0 Å². The van der Waals surface area contributed by atoms with Crippen LogP contribution in [0.5, 0.6) is 0 Å². The summed E-state index contributed by atoms with van der Waals surface area (Å²) in [5, 5.41) is 3.57. The van der Waals surface area contributed by atoms with Crippen LogP contribution in [0.2, 0.25) is 15.1 Å². The Morgan fingerprint density at radius 1 is 1.16 bits per heavy atom. The summed E-state index contributed by atoms with van der Waals surface area (Å²) >= 11 is 21.2. The van der Waals surface area contributed by atoms with Crippen LogP contribution in [-0.4, -0.2) is 10.9 Å². The van der Waals surface area contributed by atoms with E-state index in [1.54, 1.807) is 12.1 Å². The molecule has 0 aliphatic rings.